The Hall–Kier alpha value is 0.240. The zero-order valence-corrected chi connectivity index (χ0v) is 26.4. The molecule has 4 rings (SSSR count). The lowest BCUT2D eigenvalue weighted by Crippen LogP contribution is -2.50. The van der Waals surface area contributed by atoms with Crippen molar-refractivity contribution in [3.05, 3.63) is 11.6 Å². The standard InChI is InChI=1S/C33H55BrOS/c1-5-7-9-10-11-12-13-24-16-18-28-27-17-15-25-23-26(36-31(35)30(34)14-8-6-2)19-21-33(25,4)29(27)20-22-32(24,28)3/h15,24,26-30H,5-14,16-23H2,1-4H3/t24-,26+,27+,28-,29+,30+,32-,33+/m1/s1. The summed E-state index contributed by atoms with van der Waals surface area (Å²) in [6.07, 6.45) is 27.0. The average molecular weight is 580 g/mol. The zero-order valence-electron chi connectivity index (χ0n) is 24.0. The molecule has 206 valence electrons. The van der Waals surface area contributed by atoms with Crippen LogP contribution in [0, 0.1) is 34.5 Å². The van der Waals surface area contributed by atoms with Crippen LogP contribution in [-0.4, -0.2) is 15.2 Å². The van der Waals surface area contributed by atoms with Crippen LogP contribution < -0.4 is 0 Å². The Balaban J connectivity index is 1.34. The molecule has 0 bridgehead atoms. The lowest BCUT2D eigenvalue weighted by molar-refractivity contribution is -0.110. The minimum atomic E-state index is 0.0446. The smallest absolute Gasteiger partial charge is 0.202 e. The molecule has 4 aliphatic rings. The van der Waals surface area contributed by atoms with Gasteiger partial charge in [0.25, 0.3) is 0 Å². The van der Waals surface area contributed by atoms with Crippen molar-refractivity contribution in [2.24, 2.45) is 34.5 Å². The van der Waals surface area contributed by atoms with E-state index in [1.807, 2.05) is 0 Å². The van der Waals surface area contributed by atoms with E-state index in [0.717, 1.165) is 49.4 Å². The molecule has 0 unspecified atom stereocenters. The number of unbranched alkanes of at least 4 members (excludes halogenated alkanes) is 6. The number of halogens is 1. The van der Waals surface area contributed by atoms with Gasteiger partial charge in [0.2, 0.25) is 5.12 Å². The van der Waals surface area contributed by atoms with E-state index in [-0.39, 0.29) is 4.83 Å². The van der Waals surface area contributed by atoms with Crippen LogP contribution in [0.4, 0.5) is 0 Å². The van der Waals surface area contributed by atoms with Gasteiger partial charge in [-0.1, -0.05) is 118 Å². The lowest BCUT2D eigenvalue weighted by Gasteiger charge is -2.58. The third-order valence-corrected chi connectivity index (χ3v) is 13.9. The van der Waals surface area contributed by atoms with E-state index in [1.165, 1.54) is 89.9 Å². The Labute approximate surface area is 236 Å². The van der Waals surface area contributed by atoms with Gasteiger partial charge in [-0.2, -0.15) is 0 Å². The summed E-state index contributed by atoms with van der Waals surface area (Å²) < 4.78 is 0. The van der Waals surface area contributed by atoms with Crippen molar-refractivity contribution in [3.63, 3.8) is 0 Å². The summed E-state index contributed by atoms with van der Waals surface area (Å²) in [6.45, 7) is 9.85. The fraction of sp³-hybridized carbons (Fsp3) is 0.909. The fourth-order valence-electron chi connectivity index (χ4n) is 9.22. The predicted octanol–water partition coefficient (Wildman–Crippen LogP) is 10.9. The first-order valence-corrected chi connectivity index (χ1v) is 17.7. The van der Waals surface area contributed by atoms with E-state index in [0.29, 0.717) is 21.2 Å². The number of rotatable bonds is 12. The Bertz CT molecular complexity index is 763. The molecule has 0 N–H and O–H groups in total. The molecule has 0 aromatic rings. The van der Waals surface area contributed by atoms with Crippen LogP contribution in [-0.2, 0) is 4.79 Å². The summed E-state index contributed by atoms with van der Waals surface area (Å²) in [5, 5.41) is 0.874. The number of hydrogen-bond donors (Lipinski definition) is 0. The summed E-state index contributed by atoms with van der Waals surface area (Å²) in [6, 6.07) is 0. The van der Waals surface area contributed by atoms with Crippen LogP contribution in [0.3, 0.4) is 0 Å². The van der Waals surface area contributed by atoms with Crippen LogP contribution in [0.1, 0.15) is 143 Å². The highest BCUT2D eigenvalue weighted by atomic mass is 79.9. The van der Waals surface area contributed by atoms with Gasteiger partial charge in [0, 0.05) is 5.25 Å². The molecule has 0 aromatic heterocycles. The van der Waals surface area contributed by atoms with E-state index < -0.39 is 0 Å². The molecule has 1 nitrogen and oxygen atoms in total. The first-order chi connectivity index (χ1) is 17.3. The second kappa shape index (κ2) is 13.1. The van der Waals surface area contributed by atoms with E-state index in [2.05, 4.69) is 49.7 Å². The molecular weight excluding hydrogens is 524 g/mol. The van der Waals surface area contributed by atoms with Gasteiger partial charge < -0.3 is 0 Å². The number of thioether (sulfide) groups is 1. The molecule has 8 atom stereocenters. The SMILES string of the molecule is CCCCCCCC[C@@H]1CC[C@@H]2[C@@H]3CC=C4C[C@@H](SC(=O)[C@@H](Br)CCCC)CC[C@]4(C)[C@H]3CC[C@]12C. The van der Waals surface area contributed by atoms with Gasteiger partial charge in [-0.3, -0.25) is 4.79 Å². The van der Waals surface area contributed by atoms with E-state index in [1.54, 1.807) is 17.3 Å². The molecule has 3 fully saturated rings. The van der Waals surface area contributed by atoms with Gasteiger partial charge in [-0.15, -0.1) is 0 Å². The van der Waals surface area contributed by atoms with Crippen LogP contribution in [0.5, 0.6) is 0 Å². The van der Waals surface area contributed by atoms with Gasteiger partial charge in [0.1, 0.15) is 0 Å². The molecule has 3 saturated carbocycles. The van der Waals surface area contributed by atoms with Crippen molar-refractivity contribution in [2.75, 3.05) is 0 Å². The molecule has 0 radical (unpaired) electrons. The van der Waals surface area contributed by atoms with Crippen molar-refractivity contribution >= 4 is 32.8 Å². The highest BCUT2D eigenvalue weighted by Gasteiger charge is 2.58. The highest BCUT2D eigenvalue weighted by molar-refractivity contribution is 9.10. The molecule has 0 amide bonds. The molecule has 0 spiro atoms. The average Bonchev–Trinajstić information content (AvgIpc) is 3.21. The maximum absolute atomic E-state index is 12.8. The fourth-order valence-corrected chi connectivity index (χ4v) is 11.0. The monoisotopic (exact) mass is 578 g/mol. The number of hydrogen-bond acceptors (Lipinski definition) is 2. The van der Waals surface area contributed by atoms with E-state index in [9.17, 15) is 4.79 Å². The first kappa shape index (κ1) is 29.2. The Kier molecular flexibility index (Phi) is 10.6. The highest BCUT2D eigenvalue weighted by Crippen LogP contribution is 2.67. The molecule has 0 aromatic carbocycles. The largest absolute Gasteiger partial charge is 0.286 e. The topological polar surface area (TPSA) is 17.1 Å². The summed E-state index contributed by atoms with van der Waals surface area (Å²) in [5.74, 6) is 3.74. The van der Waals surface area contributed by atoms with E-state index >= 15 is 0 Å². The summed E-state index contributed by atoms with van der Waals surface area (Å²) >= 11 is 5.34. The number of fused-ring (bicyclic) bond motifs is 5. The summed E-state index contributed by atoms with van der Waals surface area (Å²) in [5.41, 5.74) is 2.73. The lowest BCUT2D eigenvalue weighted by atomic mass is 9.47. The molecule has 0 saturated heterocycles. The van der Waals surface area contributed by atoms with Gasteiger partial charge in [-0.25, -0.2) is 0 Å². The maximum Gasteiger partial charge on any atom is 0.202 e. The van der Waals surface area contributed by atoms with Crippen LogP contribution >= 0.6 is 27.7 Å². The van der Waals surface area contributed by atoms with Crippen molar-refractivity contribution < 1.29 is 4.79 Å². The number of alkyl halides is 1. The summed E-state index contributed by atoms with van der Waals surface area (Å²) in [4.78, 5) is 12.9. The minimum absolute atomic E-state index is 0.0446. The molecule has 3 heteroatoms. The van der Waals surface area contributed by atoms with Gasteiger partial charge >= 0.3 is 0 Å². The minimum Gasteiger partial charge on any atom is -0.286 e. The number of carbonyl (C=O) groups is 1. The quantitative estimate of drug-likeness (QED) is 0.130. The van der Waals surface area contributed by atoms with Gasteiger partial charge in [0.05, 0.1) is 4.83 Å². The second-order valence-electron chi connectivity index (χ2n) is 13.5. The molecular formula is C33H55BrOS. The van der Waals surface area contributed by atoms with Crippen molar-refractivity contribution in [2.45, 2.75) is 153 Å². The van der Waals surface area contributed by atoms with Crippen molar-refractivity contribution in [3.8, 4) is 0 Å². The van der Waals surface area contributed by atoms with Crippen molar-refractivity contribution in [1.82, 2.24) is 0 Å². The molecule has 0 aliphatic heterocycles. The number of allylic oxidation sites excluding steroid dienone is 2. The molecule has 4 aliphatic carbocycles. The zero-order chi connectivity index (χ0) is 25.8. The normalized spacial score (nSPS) is 38.6. The Morgan fingerprint density at radius 2 is 1.72 bits per heavy atom. The van der Waals surface area contributed by atoms with E-state index in [4.69, 9.17) is 0 Å². The first-order valence-electron chi connectivity index (χ1n) is 15.9. The maximum atomic E-state index is 12.8. The second-order valence-corrected chi connectivity index (χ2v) is 16.0. The molecule has 36 heavy (non-hydrogen) atoms. The van der Waals surface area contributed by atoms with Crippen molar-refractivity contribution in [1.29, 1.82) is 0 Å². The third-order valence-electron chi connectivity index (χ3n) is 11.5. The molecule has 0 heterocycles. The summed E-state index contributed by atoms with van der Waals surface area (Å²) in [7, 11) is 0. The van der Waals surface area contributed by atoms with Gasteiger partial charge in [0.15, 0.2) is 0 Å². The Morgan fingerprint density at radius 1 is 0.972 bits per heavy atom. The van der Waals surface area contributed by atoms with Gasteiger partial charge in [-0.05, 0) is 98.7 Å². The predicted molar refractivity (Wildman–Crippen MR) is 162 cm³/mol. The Morgan fingerprint density at radius 3 is 2.50 bits per heavy atom. The number of carbonyl (C=O) groups excluding carboxylic acids is 1. The third kappa shape index (κ3) is 6.18. The van der Waals surface area contributed by atoms with Crippen LogP contribution in [0.25, 0.3) is 0 Å². The van der Waals surface area contributed by atoms with Crippen LogP contribution in [0.2, 0.25) is 0 Å². The van der Waals surface area contributed by atoms with Crippen LogP contribution in [0.15, 0.2) is 11.6 Å².